The van der Waals surface area contributed by atoms with Crippen LogP contribution in [-0.2, 0) is 4.79 Å². The van der Waals surface area contributed by atoms with Gasteiger partial charge in [-0.05, 0) is 80.2 Å². The number of carbonyl (C=O) groups excluding carboxylic acids is 2. The Morgan fingerprint density at radius 1 is 0.974 bits per heavy atom. The molecule has 0 aromatic heterocycles. The number of likely N-dealkylation sites (tertiary alicyclic amines) is 1. The number of carbonyl (C=O) groups is 2. The van der Waals surface area contributed by atoms with Crippen molar-refractivity contribution in [1.29, 1.82) is 0 Å². The number of benzene rings is 3. The van der Waals surface area contributed by atoms with Crippen LogP contribution < -0.4 is 14.8 Å². The SMILES string of the molecule is COc1ccc(O[C@H](CCN2CCC(c3cccc(NC(=O)C(C)C)c3)CC2)c2ccccc2)cc1C(C)=O. The highest BCUT2D eigenvalue weighted by molar-refractivity contribution is 5.97. The number of ether oxygens (including phenoxy) is 2. The summed E-state index contributed by atoms with van der Waals surface area (Å²) in [4.78, 5) is 26.7. The van der Waals surface area contributed by atoms with Gasteiger partial charge in [-0.2, -0.15) is 0 Å². The van der Waals surface area contributed by atoms with E-state index in [2.05, 4.69) is 34.5 Å². The van der Waals surface area contributed by atoms with Crippen molar-refractivity contribution in [2.75, 3.05) is 32.1 Å². The van der Waals surface area contributed by atoms with Gasteiger partial charge in [0.1, 0.15) is 17.6 Å². The van der Waals surface area contributed by atoms with Crippen LogP contribution in [0.2, 0.25) is 0 Å². The van der Waals surface area contributed by atoms with Crippen molar-refractivity contribution in [3.63, 3.8) is 0 Å². The van der Waals surface area contributed by atoms with Crippen molar-refractivity contribution >= 4 is 17.4 Å². The van der Waals surface area contributed by atoms with E-state index in [9.17, 15) is 9.59 Å². The Morgan fingerprint density at radius 2 is 1.72 bits per heavy atom. The lowest BCUT2D eigenvalue weighted by Crippen LogP contribution is -2.34. The lowest BCUT2D eigenvalue weighted by molar-refractivity contribution is -0.118. The Balaban J connectivity index is 1.37. The minimum atomic E-state index is -0.127. The molecule has 0 radical (unpaired) electrons. The van der Waals surface area contributed by atoms with E-state index >= 15 is 0 Å². The van der Waals surface area contributed by atoms with Crippen molar-refractivity contribution in [3.05, 3.63) is 89.5 Å². The molecular weight excluding hydrogens is 488 g/mol. The molecule has 1 aliphatic rings. The first kappa shape index (κ1) is 28.4. The van der Waals surface area contributed by atoms with Crippen LogP contribution in [0, 0.1) is 5.92 Å². The summed E-state index contributed by atoms with van der Waals surface area (Å²) in [5.41, 5.74) is 3.81. The minimum Gasteiger partial charge on any atom is -0.496 e. The van der Waals surface area contributed by atoms with Crippen LogP contribution in [0.25, 0.3) is 0 Å². The second kappa shape index (κ2) is 13.4. The molecule has 6 heteroatoms. The summed E-state index contributed by atoms with van der Waals surface area (Å²) in [7, 11) is 1.57. The Morgan fingerprint density at radius 3 is 2.38 bits per heavy atom. The van der Waals surface area contributed by atoms with Gasteiger partial charge in [0.15, 0.2) is 5.78 Å². The smallest absolute Gasteiger partial charge is 0.226 e. The first-order valence-electron chi connectivity index (χ1n) is 13.9. The fourth-order valence-electron chi connectivity index (χ4n) is 5.11. The van der Waals surface area contributed by atoms with Crippen LogP contribution >= 0.6 is 0 Å². The van der Waals surface area contributed by atoms with Gasteiger partial charge in [0.2, 0.25) is 5.91 Å². The van der Waals surface area contributed by atoms with Gasteiger partial charge < -0.3 is 19.7 Å². The van der Waals surface area contributed by atoms with Gasteiger partial charge in [0.25, 0.3) is 0 Å². The van der Waals surface area contributed by atoms with Crippen molar-refractivity contribution in [3.8, 4) is 11.5 Å². The molecule has 1 heterocycles. The molecule has 4 rings (SSSR count). The number of amides is 1. The largest absolute Gasteiger partial charge is 0.496 e. The van der Waals surface area contributed by atoms with Gasteiger partial charge in [-0.3, -0.25) is 9.59 Å². The van der Waals surface area contributed by atoms with Crippen molar-refractivity contribution in [1.82, 2.24) is 4.90 Å². The monoisotopic (exact) mass is 528 g/mol. The number of methoxy groups -OCH3 is 1. The fourth-order valence-corrected chi connectivity index (χ4v) is 5.11. The zero-order chi connectivity index (χ0) is 27.8. The lowest BCUT2D eigenvalue weighted by atomic mass is 9.89. The van der Waals surface area contributed by atoms with Gasteiger partial charge in [0.05, 0.1) is 12.7 Å². The molecule has 6 nitrogen and oxygen atoms in total. The van der Waals surface area contributed by atoms with Crippen LogP contribution in [0.15, 0.2) is 72.8 Å². The van der Waals surface area contributed by atoms with Gasteiger partial charge >= 0.3 is 0 Å². The molecule has 206 valence electrons. The number of nitrogens with one attached hydrogen (secondary N) is 1. The van der Waals surface area contributed by atoms with Crippen LogP contribution in [-0.4, -0.2) is 43.3 Å². The molecule has 0 saturated carbocycles. The van der Waals surface area contributed by atoms with Gasteiger partial charge in [-0.1, -0.05) is 56.3 Å². The van der Waals surface area contributed by atoms with Crippen molar-refractivity contribution < 1.29 is 19.1 Å². The van der Waals surface area contributed by atoms with Crippen molar-refractivity contribution in [2.24, 2.45) is 5.92 Å². The Labute approximate surface area is 232 Å². The first-order valence-corrected chi connectivity index (χ1v) is 13.9. The molecule has 1 aliphatic heterocycles. The maximum absolute atomic E-state index is 12.1. The topological polar surface area (TPSA) is 67.9 Å². The standard InChI is InChI=1S/C33H40N2O4/c1-23(2)33(37)34-28-12-8-11-27(21-28)25-15-18-35(19-16-25)20-17-31(26-9-6-5-7-10-26)39-29-13-14-32(38-4)30(22-29)24(3)36/h5-14,21-23,25,31H,15-20H2,1-4H3,(H,34,37)/t31-/m1/s1. The lowest BCUT2D eigenvalue weighted by Gasteiger charge is -2.33. The number of hydrogen-bond donors (Lipinski definition) is 1. The van der Waals surface area contributed by atoms with E-state index in [1.165, 1.54) is 12.5 Å². The quantitative estimate of drug-likeness (QED) is 0.275. The average molecular weight is 529 g/mol. The third-order valence-electron chi connectivity index (χ3n) is 7.44. The molecule has 3 aromatic rings. The van der Waals surface area contributed by atoms with Crippen LogP contribution in [0.1, 0.15) is 73.5 Å². The third kappa shape index (κ3) is 7.70. The molecule has 1 saturated heterocycles. The predicted octanol–water partition coefficient (Wildman–Crippen LogP) is 6.88. The third-order valence-corrected chi connectivity index (χ3v) is 7.44. The van der Waals surface area contributed by atoms with Crippen LogP contribution in [0.5, 0.6) is 11.5 Å². The minimum absolute atomic E-state index is 0.0403. The highest BCUT2D eigenvalue weighted by Crippen LogP contribution is 2.32. The zero-order valence-corrected chi connectivity index (χ0v) is 23.5. The van der Waals surface area contributed by atoms with Gasteiger partial charge in [0, 0.05) is 24.6 Å². The van der Waals surface area contributed by atoms with Crippen LogP contribution in [0.3, 0.4) is 0 Å². The average Bonchev–Trinajstić information content (AvgIpc) is 2.96. The Bertz CT molecular complexity index is 1250. The molecule has 0 aliphatic carbocycles. The maximum atomic E-state index is 12.1. The molecule has 0 unspecified atom stereocenters. The van der Waals surface area contributed by atoms with E-state index in [1.54, 1.807) is 19.2 Å². The Kier molecular flexibility index (Phi) is 9.77. The number of anilines is 1. The number of rotatable bonds is 11. The van der Waals surface area contributed by atoms with Gasteiger partial charge in [-0.15, -0.1) is 0 Å². The molecule has 39 heavy (non-hydrogen) atoms. The number of piperidine rings is 1. The molecule has 1 fully saturated rings. The maximum Gasteiger partial charge on any atom is 0.226 e. The summed E-state index contributed by atoms with van der Waals surface area (Å²) in [6.45, 7) is 8.31. The number of hydrogen-bond acceptors (Lipinski definition) is 5. The second-order valence-corrected chi connectivity index (χ2v) is 10.6. The van der Waals surface area contributed by atoms with E-state index < -0.39 is 0 Å². The van der Waals surface area contributed by atoms with Crippen molar-refractivity contribution in [2.45, 2.75) is 52.1 Å². The number of ketones is 1. The number of Topliss-reactive ketones (excluding diaryl/α,β-unsaturated/α-hetero) is 1. The summed E-state index contributed by atoms with van der Waals surface area (Å²) >= 11 is 0. The van der Waals surface area contributed by atoms with E-state index in [1.807, 2.05) is 50.2 Å². The fraction of sp³-hybridized carbons (Fsp3) is 0.394. The zero-order valence-electron chi connectivity index (χ0n) is 23.5. The van der Waals surface area contributed by atoms with E-state index in [0.717, 1.165) is 50.1 Å². The van der Waals surface area contributed by atoms with E-state index in [4.69, 9.17) is 9.47 Å². The molecule has 3 aromatic carbocycles. The summed E-state index contributed by atoms with van der Waals surface area (Å²) < 4.78 is 11.8. The summed E-state index contributed by atoms with van der Waals surface area (Å²) in [5.74, 6) is 1.66. The molecule has 0 spiro atoms. The first-order chi connectivity index (χ1) is 18.8. The van der Waals surface area contributed by atoms with Crippen LogP contribution in [0.4, 0.5) is 5.69 Å². The van der Waals surface area contributed by atoms with E-state index in [-0.39, 0.29) is 23.7 Å². The summed E-state index contributed by atoms with van der Waals surface area (Å²) in [6.07, 6.45) is 2.88. The summed E-state index contributed by atoms with van der Waals surface area (Å²) in [6, 6.07) is 24.0. The second-order valence-electron chi connectivity index (χ2n) is 10.6. The van der Waals surface area contributed by atoms with Gasteiger partial charge in [-0.25, -0.2) is 0 Å². The molecule has 1 atom stereocenters. The summed E-state index contributed by atoms with van der Waals surface area (Å²) in [5, 5.41) is 3.02. The molecular formula is C33H40N2O4. The molecule has 1 N–H and O–H groups in total. The normalized spacial score (nSPS) is 15.1. The molecule has 1 amide bonds. The Hall–Kier alpha value is -3.64. The predicted molar refractivity (Wildman–Crippen MR) is 156 cm³/mol. The highest BCUT2D eigenvalue weighted by Gasteiger charge is 2.23. The van der Waals surface area contributed by atoms with E-state index in [0.29, 0.717) is 23.0 Å². The molecule has 0 bridgehead atoms. The highest BCUT2D eigenvalue weighted by atomic mass is 16.5. The number of nitrogens with zero attached hydrogens (tertiary/aromatic N) is 1.